The van der Waals surface area contributed by atoms with Crippen molar-refractivity contribution in [2.24, 2.45) is 14.1 Å². The molecule has 0 atom stereocenters. The van der Waals surface area contributed by atoms with E-state index in [1.54, 1.807) is 11.9 Å². The van der Waals surface area contributed by atoms with E-state index in [9.17, 15) is 14.4 Å². The van der Waals surface area contributed by atoms with Crippen molar-refractivity contribution in [3.05, 3.63) is 51.4 Å². The maximum Gasteiger partial charge on any atom is 0.332 e. The Balaban J connectivity index is 1.47. The van der Waals surface area contributed by atoms with Crippen molar-refractivity contribution in [2.45, 2.75) is 6.54 Å². The van der Waals surface area contributed by atoms with E-state index in [0.717, 1.165) is 27.9 Å². The molecule has 1 aliphatic rings. The third kappa shape index (κ3) is 4.04. The molecule has 0 bridgehead atoms. The average molecular weight is 484 g/mol. The predicted molar refractivity (Wildman–Crippen MR) is 129 cm³/mol. The monoisotopic (exact) mass is 483 g/mol. The standard InChI is InChI=1S/C22H25N7O4S/c1-25-19-18(20(31)26(2)22(25)32)28(14-23-19)13-17(30)29(8-7-27-9-11-33-12-10-27)21-24-15-5-3-4-6-16(15)34-21/h3-6,14H,7-13H2,1-2H3. The van der Waals surface area contributed by atoms with Crippen molar-refractivity contribution in [3.63, 3.8) is 0 Å². The molecule has 0 aliphatic carbocycles. The normalized spacial score (nSPS) is 14.8. The van der Waals surface area contributed by atoms with Crippen molar-refractivity contribution in [1.82, 2.24) is 28.6 Å². The maximum atomic E-state index is 13.6. The van der Waals surface area contributed by atoms with Gasteiger partial charge in [-0.05, 0) is 12.1 Å². The smallest absolute Gasteiger partial charge is 0.332 e. The molecule has 12 heteroatoms. The Morgan fingerprint density at radius 3 is 2.68 bits per heavy atom. The molecule has 178 valence electrons. The Bertz CT molecular complexity index is 1450. The van der Waals surface area contributed by atoms with Crippen molar-refractivity contribution in [1.29, 1.82) is 0 Å². The summed E-state index contributed by atoms with van der Waals surface area (Å²) in [5, 5.41) is 0.615. The summed E-state index contributed by atoms with van der Waals surface area (Å²) in [6.45, 7) is 4.04. The number of para-hydroxylation sites is 1. The molecule has 3 aromatic heterocycles. The predicted octanol–water partition coefficient (Wildman–Crippen LogP) is 0.409. The zero-order valence-corrected chi connectivity index (χ0v) is 19.8. The van der Waals surface area contributed by atoms with Crippen LogP contribution in [0.1, 0.15) is 0 Å². The first-order valence-electron chi connectivity index (χ1n) is 11.0. The van der Waals surface area contributed by atoms with Crippen molar-refractivity contribution >= 4 is 43.8 Å². The van der Waals surface area contributed by atoms with Crippen LogP contribution < -0.4 is 16.1 Å². The second-order valence-electron chi connectivity index (χ2n) is 8.21. The van der Waals surface area contributed by atoms with Crippen LogP contribution in [0, 0.1) is 0 Å². The molecular formula is C22H25N7O4S. The minimum atomic E-state index is -0.483. The van der Waals surface area contributed by atoms with E-state index in [1.807, 2.05) is 24.3 Å². The molecule has 1 aliphatic heterocycles. The number of rotatable bonds is 6. The summed E-state index contributed by atoms with van der Waals surface area (Å²) in [6, 6.07) is 7.77. The summed E-state index contributed by atoms with van der Waals surface area (Å²) in [7, 11) is 2.97. The number of carbonyl (C=O) groups excluding carboxylic acids is 1. The van der Waals surface area contributed by atoms with Gasteiger partial charge in [0.1, 0.15) is 6.54 Å². The molecule has 0 spiro atoms. The third-order valence-electron chi connectivity index (χ3n) is 6.08. The van der Waals surface area contributed by atoms with Gasteiger partial charge in [-0.2, -0.15) is 0 Å². The molecule has 1 amide bonds. The quantitative estimate of drug-likeness (QED) is 0.391. The Morgan fingerprint density at radius 2 is 1.91 bits per heavy atom. The lowest BCUT2D eigenvalue weighted by Gasteiger charge is -2.29. The number of fused-ring (bicyclic) bond motifs is 2. The molecule has 0 N–H and O–H groups in total. The van der Waals surface area contributed by atoms with Gasteiger partial charge in [-0.25, -0.2) is 14.8 Å². The average Bonchev–Trinajstić information content (AvgIpc) is 3.46. The highest BCUT2D eigenvalue weighted by atomic mass is 32.1. The van der Waals surface area contributed by atoms with Gasteiger partial charge in [0.05, 0.1) is 29.8 Å². The second-order valence-corrected chi connectivity index (χ2v) is 9.22. The lowest BCUT2D eigenvalue weighted by Crippen LogP contribution is -2.44. The molecule has 4 heterocycles. The number of anilines is 1. The Kier molecular flexibility index (Phi) is 6.02. The first-order chi connectivity index (χ1) is 16.4. The van der Waals surface area contributed by atoms with E-state index in [0.29, 0.717) is 31.4 Å². The molecular weight excluding hydrogens is 458 g/mol. The number of morpholine rings is 1. The van der Waals surface area contributed by atoms with Gasteiger partial charge in [-0.15, -0.1) is 0 Å². The minimum Gasteiger partial charge on any atom is -0.379 e. The molecule has 0 saturated carbocycles. The topological polar surface area (TPSA) is 107 Å². The fourth-order valence-electron chi connectivity index (χ4n) is 4.12. The number of carbonyl (C=O) groups is 1. The number of hydrogen-bond donors (Lipinski definition) is 0. The van der Waals surface area contributed by atoms with E-state index in [2.05, 4.69) is 9.88 Å². The lowest BCUT2D eigenvalue weighted by atomic mass is 10.3. The van der Waals surface area contributed by atoms with E-state index in [-0.39, 0.29) is 23.6 Å². The van der Waals surface area contributed by atoms with E-state index in [1.165, 1.54) is 33.8 Å². The van der Waals surface area contributed by atoms with Gasteiger partial charge in [-0.1, -0.05) is 23.5 Å². The number of ether oxygens (including phenoxy) is 1. The highest BCUT2D eigenvalue weighted by molar-refractivity contribution is 7.22. The lowest BCUT2D eigenvalue weighted by molar-refractivity contribution is -0.119. The number of imidazole rings is 1. The highest BCUT2D eigenvalue weighted by Gasteiger charge is 2.24. The SMILES string of the molecule is Cn1c(=O)c2c(ncn2CC(=O)N(CCN2CCOCC2)c2nc3ccccc3s2)n(C)c1=O. The third-order valence-corrected chi connectivity index (χ3v) is 7.14. The Morgan fingerprint density at radius 1 is 1.15 bits per heavy atom. The summed E-state index contributed by atoms with van der Waals surface area (Å²) in [4.78, 5) is 51.5. The van der Waals surface area contributed by atoms with Crippen LogP contribution in [0.25, 0.3) is 21.4 Å². The number of aromatic nitrogens is 5. The molecule has 1 fully saturated rings. The zero-order valence-electron chi connectivity index (χ0n) is 19.0. The number of benzene rings is 1. The number of aryl methyl sites for hydroxylation is 1. The number of hydrogen-bond acceptors (Lipinski definition) is 8. The van der Waals surface area contributed by atoms with Crippen molar-refractivity contribution in [2.75, 3.05) is 44.3 Å². The Hall–Kier alpha value is -3.35. The van der Waals surface area contributed by atoms with Gasteiger partial charge in [0.2, 0.25) is 5.91 Å². The largest absolute Gasteiger partial charge is 0.379 e. The molecule has 1 saturated heterocycles. The van der Waals surface area contributed by atoms with Crippen molar-refractivity contribution < 1.29 is 9.53 Å². The van der Waals surface area contributed by atoms with Crippen LogP contribution in [0.3, 0.4) is 0 Å². The van der Waals surface area contributed by atoms with Crippen LogP contribution in [-0.2, 0) is 30.2 Å². The first-order valence-corrected chi connectivity index (χ1v) is 11.8. The van der Waals surface area contributed by atoms with E-state index < -0.39 is 11.2 Å². The number of amides is 1. The number of thiazole rings is 1. The van der Waals surface area contributed by atoms with E-state index in [4.69, 9.17) is 9.72 Å². The van der Waals surface area contributed by atoms with Gasteiger partial charge in [0, 0.05) is 40.3 Å². The zero-order chi connectivity index (χ0) is 23.8. The number of nitrogens with zero attached hydrogens (tertiary/aromatic N) is 7. The molecule has 0 unspecified atom stereocenters. The molecule has 34 heavy (non-hydrogen) atoms. The molecule has 0 radical (unpaired) electrons. The molecule has 11 nitrogen and oxygen atoms in total. The van der Waals surface area contributed by atoms with Gasteiger partial charge < -0.3 is 9.30 Å². The van der Waals surface area contributed by atoms with E-state index >= 15 is 0 Å². The second kappa shape index (κ2) is 9.12. The fourth-order valence-corrected chi connectivity index (χ4v) is 5.13. The summed E-state index contributed by atoms with van der Waals surface area (Å²) in [6.07, 6.45) is 1.43. The van der Waals surface area contributed by atoms with Crippen LogP contribution in [0.5, 0.6) is 0 Å². The fraction of sp³-hybridized carbons (Fsp3) is 0.409. The maximum absolute atomic E-state index is 13.6. The van der Waals surface area contributed by atoms with Gasteiger partial charge >= 0.3 is 5.69 Å². The summed E-state index contributed by atoms with van der Waals surface area (Å²) < 4.78 is 10.3. The summed E-state index contributed by atoms with van der Waals surface area (Å²) in [5.74, 6) is -0.206. The van der Waals surface area contributed by atoms with Gasteiger partial charge in [-0.3, -0.25) is 28.5 Å². The van der Waals surface area contributed by atoms with Crippen LogP contribution >= 0.6 is 11.3 Å². The highest BCUT2D eigenvalue weighted by Crippen LogP contribution is 2.29. The molecule has 4 aromatic rings. The van der Waals surface area contributed by atoms with Gasteiger partial charge in [0.15, 0.2) is 16.3 Å². The van der Waals surface area contributed by atoms with Crippen LogP contribution in [-0.4, -0.2) is 73.9 Å². The summed E-state index contributed by atoms with van der Waals surface area (Å²) in [5.41, 5.74) is 0.360. The van der Waals surface area contributed by atoms with Gasteiger partial charge in [0.25, 0.3) is 5.56 Å². The van der Waals surface area contributed by atoms with Crippen LogP contribution in [0.2, 0.25) is 0 Å². The molecule has 5 rings (SSSR count). The van der Waals surface area contributed by atoms with Crippen LogP contribution in [0.15, 0.2) is 40.2 Å². The summed E-state index contributed by atoms with van der Waals surface area (Å²) >= 11 is 1.46. The first kappa shape index (κ1) is 22.4. The minimum absolute atomic E-state index is 0.0943. The van der Waals surface area contributed by atoms with Crippen molar-refractivity contribution in [3.8, 4) is 0 Å². The molecule has 1 aromatic carbocycles. The van der Waals surface area contributed by atoms with Crippen LogP contribution in [0.4, 0.5) is 5.13 Å². The Labute approximate surface area is 198 Å².